The van der Waals surface area contributed by atoms with Crippen molar-refractivity contribution >= 4 is 17.7 Å². The average Bonchev–Trinajstić information content (AvgIpc) is 2.40. The molecule has 132 valence electrons. The minimum atomic E-state index is 0.109. The maximum atomic E-state index is 11.6. The summed E-state index contributed by atoms with van der Waals surface area (Å²) in [5.74, 6) is 2.75. The molecule has 0 aliphatic heterocycles. The summed E-state index contributed by atoms with van der Waals surface area (Å²) in [4.78, 5) is 11.6. The van der Waals surface area contributed by atoms with Crippen LogP contribution in [0.2, 0.25) is 0 Å². The molecular formula is C17H35NO3S. The van der Waals surface area contributed by atoms with Crippen molar-refractivity contribution in [1.29, 1.82) is 0 Å². The van der Waals surface area contributed by atoms with Crippen LogP contribution in [0.25, 0.3) is 0 Å². The van der Waals surface area contributed by atoms with Gasteiger partial charge in [0.05, 0.1) is 19.8 Å². The molecule has 0 spiro atoms. The van der Waals surface area contributed by atoms with E-state index in [0.29, 0.717) is 44.1 Å². The molecule has 4 nitrogen and oxygen atoms in total. The fourth-order valence-corrected chi connectivity index (χ4v) is 2.62. The first-order valence-corrected chi connectivity index (χ1v) is 9.46. The summed E-state index contributed by atoms with van der Waals surface area (Å²) in [6, 6.07) is 0. The lowest BCUT2D eigenvalue weighted by atomic mass is 10.0. The molecule has 0 rings (SSSR count). The van der Waals surface area contributed by atoms with Crippen LogP contribution in [-0.4, -0.2) is 50.4 Å². The fourth-order valence-electron chi connectivity index (χ4n) is 1.54. The molecule has 0 bridgehead atoms. The molecular weight excluding hydrogens is 298 g/mol. The Labute approximate surface area is 141 Å². The van der Waals surface area contributed by atoms with Gasteiger partial charge in [-0.1, -0.05) is 34.6 Å². The summed E-state index contributed by atoms with van der Waals surface area (Å²) in [6.07, 6.45) is 1.67. The van der Waals surface area contributed by atoms with Crippen LogP contribution in [0.4, 0.5) is 0 Å². The highest BCUT2D eigenvalue weighted by molar-refractivity contribution is 7.99. The molecule has 0 aromatic heterocycles. The van der Waals surface area contributed by atoms with E-state index in [4.69, 9.17) is 9.47 Å². The molecule has 0 saturated carbocycles. The van der Waals surface area contributed by atoms with E-state index in [0.717, 1.165) is 24.5 Å². The first-order valence-electron chi connectivity index (χ1n) is 8.31. The first kappa shape index (κ1) is 21.7. The number of ether oxygens (including phenoxy) is 2. The van der Waals surface area contributed by atoms with E-state index in [1.54, 1.807) is 0 Å². The van der Waals surface area contributed by atoms with Gasteiger partial charge in [-0.25, -0.2) is 0 Å². The summed E-state index contributed by atoms with van der Waals surface area (Å²) in [6.45, 7) is 14.2. The zero-order valence-electron chi connectivity index (χ0n) is 15.1. The van der Waals surface area contributed by atoms with Crippen molar-refractivity contribution < 1.29 is 14.3 Å². The Hall–Kier alpha value is -0.260. The Balaban J connectivity index is 3.25. The van der Waals surface area contributed by atoms with E-state index in [1.807, 2.05) is 11.8 Å². The van der Waals surface area contributed by atoms with E-state index in [9.17, 15) is 4.79 Å². The summed E-state index contributed by atoms with van der Waals surface area (Å²) in [5.41, 5.74) is 0.326. The Kier molecular flexibility index (Phi) is 13.0. The second-order valence-corrected chi connectivity index (χ2v) is 8.23. The molecule has 0 aromatic rings. The third-order valence-electron chi connectivity index (χ3n) is 2.79. The summed E-state index contributed by atoms with van der Waals surface area (Å²) < 4.78 is 10.9. The average molecular weight is 334 g/mol. The molecule has 0 saturated heterocycles. The number of hydrogen-bond acceptors (Lipinski definition) is 4. The second kappa shape index (κ2) is 13.2. The molecule has 0 aliphatic carbocycles. The van der Waals surface area contributed by atoms with Gasteiger partial charge in [-0.2, -0.15) is 11.8 Å². The van der Waals surface area contributed by atoms with Crippen molar-refractivity contribution in [1.82, 2.24) is 5.32 Å². The number of carbonyl (C=O) groups is 1. The number of hydrogen-bond donors (Lipinski definition) is 1. The zero-order chi connectivity index (χ0) is 16.8. The predicted molar refractivity (Wildman–Crippen MR) is 95.5 cm³/mol. The number of thioether (sulfide) groups is 1. The Bertz CT molecular complexity index is 278. The lowest BCUT2D eigenvalue weighted by Crippen LogP contribution is -2.28. The maximum absolute atomic E-state index is 11.6. The molecule has 1 N–H and O–H groups in total. The van der Waals surface area contributed by atoms with Crippen molar-refractivity contribution in [3.8, 4) is 0 Å². The van der Waals surface area contributed by atoms with Gasteiger partial charge in [-0.05, 0) is 23.5 Å². The van der Waals surface area contributed by atoms with E-state index < -0.39 is 0 Å². The molecule has 0 atom stereocenters. The number of amides is 1. The van der Waals surface area contributed by atoms with E-state index >= 15 is 0 Å². The molecule has 5 heteroatoms. The third-order valence-corrected chi connectivity index (χ3v) is 4.35. The minimum absolute atomic E-state index is 0.109. The smallest absolute Gasteiger partial charge is 0.220 e. The van der Waals surface area contributed by atoms with Gasteiger partial charge in [-0.3, -0.25) is 4.79 Å². The minimum Gasteiger partial charge on any atom is -0.379 e. The first-order chi connectivity index (χ1) is 10.3. The normalized spacial score (nSPS) is 11.9. The SMILES string of the molecule is CC(C)CCOCCOCCNC(=O)CCSCC(C)(C)C. The standard InChI is InChI=1S/C17H35NO3S/c1-15(2)6-9-20-11-12-21-10-8-18-16(19)7-13-22-14-17(3,4)5/h15H,6-14H2,1-5H3,(H,18,19). The predicted octanol–water partition coefficient (Wildman–Crippen LogP) is 3.35. The van der Waals surface area contributed by atoms with Crippen LogP contribution in [0.3, 0.4) is 0 Å². The lowest BCUT2D eigenvalue weighted by molar-refractivity contribution is -0.120. The quantitative estimate of drug-likeness (QED) is 0.525. The molecule has 0 radical (unpaired) electrons. The van der Waals surface area contributed by atoms with Crippen LogP contribution < -0.4 is 5.32 Å². The van der Waals surface area contributed by atoms with Crippen LogP contribution in [0, 0.1) is 11.3 Å². The zero-order valence-corrected chi connectivity index (χ0v) is 15.9. The van der Waals surface area contributed by atoms with Crippen molar-refractivity contribution in [2.24, 2.45) is 11.3 Å². The number of carbonyl (C=O) groups excluding carboxylic acids is 1. The van der Waals surface area contributed by atoms with Crippen LogP contribution in [0.15, 0.2) is 0 Å². The Morgan fingerprint density at radius 3 is 2.32 bits per heavy atom. The number of nitrogens with one attached hydrogen (secondary N) is 1. The highest BCUT2D eigenvalue weighted by Crippen LogP contribution is 2.20. The Morgan fingerprint density at radius 1 is 1.09 bits per heavy atom. The van der Waals surface area contributed by atoms with Gasteiger partial charge in [0, 0.05) is 25.3 Å². The topological polar surface area (TPSA) is 47.6 Å². The van der Waals surface area contributed by atoms with Gasteiger partial charge in [-0.15, -0.1) is 0 Å². The second-order valence-electron chi connectivity index (χ2n) is 7.12. The molecule has 0 aromatic carbocycles. The molecule has 22 heavy (non-hydrogen) atoms. The van der Waals surface area contributed by atoms with Gasteiger partial charge in [0.2, 0.25) is 5.91 Å². The van der Waals surface area contributed by atoms with Gasteiger partial charge in [0.1, 0.15) is 0 Å². The monoisotopic (exact) mass is 333 g/mol. The molecule has 1 amide bonds. The summed E-state index contributed by atoms with van der Waals surface area (Å²) in [5, 5.41) is 2.88. The Morgan fingerprint density at radius 2 is 1.73 bits per heavy atom. The van der Waals surface area contributed by atoms with Gasteiger partial charge < -0.3 is 14.8 Å². The van der Waals surface area contributed by atoms with Gasteiger partial charge in [0.15, 0.2) is 0 Å². The van der Waals surface area contributed by atoms with E-state index in [1.165, 1.54) is 0 Å². The lowest BCUT2D eigenvalue weighted by Gasteiger charge is -2.16. The highest BCUT2D eigenvalue weighted by atomic mass is 32.2. The maximum Gasteiger partial charge on any atom is 0.220 e. The van der Waals surface area contributed by atoms with Gasteiger partial charge >= 0.3 is 0 Å². The number of rotatable bonds is 13. The van der Waals surface area contributed by atoms with Gasteiger partial charge in [0.25, 0.3) is 0 Å². The summed E-state index contributed by atoms with van der Waals surface area (Å²) >= 11 is 1.84. The molecule has 0 unspecified atom stereocenters. The fraction of sp³-hybridized carbons (Fsp3) is 0.941. The van der Waals surface area contributed by atoms with Crippen LogP contribution in [0.5, 0.6) is 0 Å². The highest BCUT2D eigenvalue weighted by Gasteiger charge is 2.10. The van der Waals surface area contributed by atoms with Crippen LogP contribution in [-0.2, 0) is 14.3 Å². The third kappa shape index (κ3) is 17.8. The molecule has 0 fully saturated rings. The molecule has 0 aliphatic rings. The van der Waals surface area contributed by atoms with Crippen LogP contribution >= 0.6 is 11.8 Å². The molecule has 0 heterocycles. The van der Waals surface area contributed by atoms with Crippen molar-refractivity contribution in [2.75, 3.05) is 44.5 Å². The summed E-state index contributed by atoms with van der Waals surface area (Å²) in [7, 11) is 0. The van der Waals surface area contributed by atoms with Crippen molar-refractivity contribution in [3.63, 3.8) is 0 Å². The van der Waals surface area contributed by atoms with Crippen molar-refractivity contribution in [2.45, 2.75) is 47.5 Å². The van der Waals surface area contributed by atoms with E-state index in [2.05, 4.69) is 39.9 Å². The van der Waals surface area contributed by atoms with E-state index in [-0.39, 0.29) is 5.91 Å². The van der Waals surface area contributed by atoms with Crippen LogP contribution in [0.1, 0.15) is 47.5 Å². The largest absolute Gasteiger partial charge is 0.379 e. The van der Waals surface area contributed by atoms with Crippen molar-refractivity contribution in [3.05, 3.63) is 0 Å².